The Labute approximate surface area is 109 Å². The fraction of sp³-hybridized carbons (Fsp3) is 0.667. The van der Waals surface area contributed by atoms with Gasteiger partial charge in [0.2, 0.25) is 0 Å². The maximum absolute atomic E-state index is 5.63. The Morgan fingerprint density at radius 3 is 2.82 bits per heavy atom. The largest absolute Gasteiger partial charge is 0.393 e. The molecule has 0 radical (unpaired) electrons. The van der Waals surface area contributed by atoms with Crippen molar-refractivity contribution in [1.29, 1.82) is 0 Å². The first-order valence-electron chi connectivity index (χ1n) is 5.95. The molecular formula is C12H22N4S. The third-order valence-corrected chi connectivity index (χ3v) is 3.19. The number of rotatable bonds is 6. The second-order valence-corrected chi connectivity index (χ2v) is 5.06. The molecule has 2 N–H and O–H groups in total. The highest BCUT2D eigenvalue weighted by molar-refractivity contribution is 7.80. The lowest BCUT2D eigenvalue weighted by atomic mass is 10.1. The van der Waals surface area contributed by atoms with Gasteiger partial charge in [0.05, 0.1) is 16.4 Å². The molecule has 96 valence electrons. The highest BCUT2D eigenvalue weighted by Crippen LogP contribution is 2.08. The highest BCUT2D eigenvalue weighted by Gasteiger charge is 2.11. The maximum Gasteiger partial charge on any atom is 0.0768 e. The van der Waals surface area contributed by atoms with Crippen LogP contribution in [0.4, 0.5) is 0 Å². The van der Waals surface area contributed by atoms with Crippen LogP contribution in [-0.2, 0) is 13.1 Å². The highest BCUT2D eigenvalue weighted by atomic mass is 32.1. The minimum absolute atomic E-state index is 0.245. The van der Waals surface area contributed by atoms with Crippen LogP contribution in [0.25, 0.3) is 0 Å². The first kappa shape index (κ1) is 14.1. The van der Waals surface area contributed by atoms with Gasteiger partial charge in [0, 0.05) is 25.6 Å². The number of aromatic nitrogens is 2. The lowest BCUT2D eigenvalue weighted by molar-refractivity contribution is 0.297. The van der Waals surface area contributed by atoms with Crippen molar-refractivity contribution in [1.82, 2.24) is 14.7 Å². The Morgan fingerprint density at radius 1 is 1.65 bits per heavy atom. The van der Waals surface area contributed by atoms with Crippen LogP contribution in [0.1, 0.15) is 25.2 Å². The summed E-state index contributed by atoms with van der Waals surface area (Å²) in [5.41, 5.74) is 7.93. The number of aryl methyl sites for hydroxylation is 2. The zero-order chi connectivity index (χ0) is 13.0. The molecule has 1 rings (SSSR count). The molecule has 0 bridgehead atoms. The lowest BCUT2D eigenvalue weighted by Gasteiger charge is -2.20. The predicted molar refractivity (Wildman–Crippen MR) is 74.9 cm³/mol. The average molecular weight is 254 g/mol. The van der Waals surface area contributed by atoms with Crippen LogP contribution in [0.5, 0.6) is 0 Å². The summed E-state index contributed by atoms with van der Waals surface area (Å²) in [7, 11) is 2.08. The zero-order valence-electron chi connectivity index (χ0n) is 11.1. The molecule has 1 atom stereocenters. The number of nitrogens with two attached hydrogens (primary N) is 1. The van der Waals surface area contributed by atoms with E-state index in [1.165, 1.54) is 5.69 Å². The Hall–Kier alpha value is -0.940. The number of hydrogen-bond donors (Lipinski definition) is 1. The molecule has 1 aromatic rings. The first-order valence-corrected chi connectivity index (χ1v) is 6.36. The molecule has 1 heterocycles. The molecule has 0 fully saturated rings. The van der Waals surface area contributed by atoms with E-state index in [2.05, 4.69) is 37.0 Å². The summed E-state index contributed by atoms with van der Waals surface area (Å²) in [6, 6.07) is 2.13. The SMILES string of the molecule is CCn1nc(C)cc1CN(C)CC(C)C(N)=S. The molecule has 17 heavy (non-hydrogen) atoms. The van der Waals surface area contributed by atoms with E-state index in [-0.39, 0.29) is 5.92 Å². The van der Waals surface area contributed by atoms with E-state index in [1.807, 2.05) is 11.6 Å². The molecule has 1 aromatic heterocycles. The molecular weight excluding hydrogens is 232 g/mol. The van der Waals surface area contributed by atoms with E-state index in [4.69, 9.17) is 18.0 Å². The van der Waals surface area contributed by atoms with Gasteiger partial charge < -0.3 is 5.73 Å². The van der Waals surface area contributed by atoms with E-state index in [9.17, 15) is 0 Å². The summed E-state index contributed by atoms with van der Waals surface area (Å²) in [6.45, 7) is 8.84. The van der Waals surface area contributed by atoms with Gasteiger partial charge in [-0.25, -0.2) is 0 Å². The Kier molecular flexibility index (Phi) is 5.08. The third-order valence-electron chi connectivity index (χ3n) is 2.79. The lowest BCUT2D eigenvalue weighted by Crippen LogP contribution is -2.31. The topological polar surface area (TPSA) is 47.1 Å². The van der Waals surface area contributed by atoms with Crippen LogP contribution in [0.15, 0.2) is 6.07 Å². The summed E-state index contributed by atoms with van der Waals surface area (Å²) >= 11 is 4.99. The average Bonchev–Trinajstić information content (AvgIpc) is 2.58. The van der Waals surface area contributed by atoms with Gasteiger partial charge in [-0.15, -0.1) is 0 Å². The summed E-state index contributed by atoms with van der Waals surface area (Å²) in [6.07, 6.45) is 0. The van der Waals surface area contributed by atoms with Crippen molar-refractivity contribution in [3.63, 3.8) is 0 Å². The molecule has 5 heteroatoms. The smallest absolute Gasteiger partial charge is 0.0768 e. The van der Waals surface area contributed by atoms with Gasteiger partial charge in [-0.05, 0) is 27.0 Å². The first-order chi connectivity index (χ1) is 7.93. The number of thiocarbonyl (C=S) groups is 1. The van der Waals surface area contributed by atoms with Crippen LogP contribution in [0, 0.1) is 12.8 Å². The minimum Gasteiger partial charge on any atom is -0.393 e. The van der Waals surface area contributed by atoms with Crippen molar-refractivity contribution in [2.24, 2.45) is 11.7 Å². The van der Waals surface area contributed by atoms with E-state index < -0.39 is 0 Å². The fourth-order valence-electron chi connectivity index (χ4n) is 1.90. The minimum atomic E-state index is 0.245. The summed E-state index contributed by atoms with van der Waals surface area (Å²) in [5, 5.41) is 4.44. The molecule has 0 spiro atoms. The third kappa shape index (κ3) is 4.09. The standard InChI is InChI=1S/C12H22N4S/c1-5-16-11(6-10(3)14-16)8-15(4)7-9(2)12(13)17/h6,9H,5,7-8H2,1-4H3,(H2,13,17). The van der Waals surface area contributed by atoms with E-state index in [0.717, 1.165) is 25.3 Å². The Balaban J connectivity index is 2.61. The molecule has 0 saturated carbocycles. The normalized spacial score (nSPS) is 13.0. The van der Waals surface area contributed by atoms with Gasteiger partial charge in [-0.2, -0.15) is 5.10 Å². The van der Waals surface area contributed by atoms with Crippen LogP contribution in [-0.4, -0.2) is 33.3 Å². The second kappa shape index (κ2) is 6.12. The summed E-state index contributed by atoms with van der Waals surface area (Å²) < 4.78 is 2.04. The van der Waals surface area contributed by atoms with Gasteiger partial charge >= 0.3 is 0 Å². The second-order valence-electron chi connectivity index (χ2n) is 4.59. The number of hydrogen-bond acceptors (Lipinski definition) is 3. The molecule has 1 unspecified atom stereocenters. The fourth-order valence-corrected chi connectivity index (χ4v) is 1.97. The molecule has 0 aliphatic rings. The quantitative estimate of drug-likeness (QED) is 0.783. The monoisotopic (exact) mass is 254 g/mol. The van der Waals surface area contributed by atoms with Crippen molar-refractivity contribution in [2.45, 2.75) is 33.9 Å². The Bertz CT molecular complexity index is 386. The van der Waals surface area contributed by atoms with Crippen molar-refractivity contribution in [3.05, 3.63) is 17.5 Å². The molecule has 0 aliphatic heterocycles. The molecule has 0 aliphatic carbocycles. The van der Waals surface area contributed by atoms with Gasteiger partial charge in [0.15, 0.2) is 0 Å². The van der Waals surface area contributed by atoms with Crippen LogP contribution in [0.3, 0.4) is 0 Å². The van der Waals surface area contributed by atoms with Crippen LogP contribution < -0.4 is 5.73 Å². The van der Waals surface area contributed by atoms with Gasteiger partial charge in [0.25, 0.3) is 0 Å². The Morgan fingerprint density at radius 2 is 2.29 bits per heavy atom. The van der Waals surface area contributed by atoms with Crippen LogP contribution >= 0.6 is 12.2 Å². The molecule has 0 aromatic carbocycles. The van der Waals surface area contributed by atoms with Gasteiger partial charge in [0.1, 0.15) is 0 Å². The van der Waals surface area contributed by atoms with Crippen molar-refractivity contribution in [3.8, 4) is 0 Å². The number of nitrogens with zero attached hydrogens (tertiary/aromatic N) is 3. The maximum atomic E-state index is 5.63. The van der Waals surface area contributed by atoms with Crippen LogP contribution in [0.2, 0.25) is 0 Å². The van der Waals surface area contributed by atoms with E-state index >= 15 is 0 Å². The van der Waals surface area contributed by atoms with E-state index in [1.54, 1.807) is 0 Å². The van der Waals surface area contributed by atoms with Crippen molar-refractivity contribution < 1.29 is 0 Å². The zero-order valence-corrected chi connectivity index (χ0v) is 11.9. The predicted octanol–water partition coefficient (Wildman–Crippen LogP) is 1.57. The van der Waals surface area contributed by atoms with Crippen molar-refractivity contribution >= 4 is 17.2 Å². The van der Waals surface area contributed by atoms with Crippen molar-refractivity contribution in [2.75, 3.05) is 13.6 Å². The summed E-state index contributed by atoms with van der Waals surface area (Å²) in [4.78, 5) is 2.81. The summed E-state index contributed by atoms with van der Waals surface area (Å²) in [5.74, 6) is 0.245. The van der Waals surface area contributed by atoms with Gasteiger partial charge in [-0.3, -0.25) is 9.58 Å². The molecule has 0 saturated heterocycles. The van der Waals surface area contributed by atoms with Gasteiger partial charge in [-0.1, -0.05) is 19.1 Å². The molecule has 0 amide bonds. The van der Waals surface area contributed by atoms with E-state index in [0.29, 0.717) is 4.99 Å². The molecule has 4 nitrogen and oxygen atoms in total.